The average Bonchev–Trinajstić information content (AvgIpc) is 3.29. The topological polar surface area (TPSA) is 108 Å². The first-order valence-corrected chi connectivity index (χ1v) is 12.0. The van der Waals surface area contributed by atoms with E-state index >= 15 is 0 Å². The molecule has 1 fully saturated rings. The van der Waals surface area contributed by atoms with Gasteiger partial charge in [0.1, 0.15) is 5.82 Å². The minimum atomic E-state index is -0.903. The second-order valence-electron chi connectivity index (χ2n) is 8.71. The van der Waals surface area contributed by atoms with Gasteiger partial charge in [0.15, 0.2) is 17.3 Å². The number of benzene rings is 2. The highest BCUT2D eigenvalue weighted by Crippen LogP contribution is 2.41. The third-order valence-electron chi connectivity index (χ3n) is 5.85. The van der Waals surface area contributed by atoms with Crippen LogP contribution in [0.5, 0.6) is 5.75 Å². The van der Waals surface area contributed by atoms with E-state index < -0.39 is 18.0 Å². The van der Waals surface area contributed by atoms with Crippen LogP contribution in [0.25, 0.3) is 0 Å². The van der Waals surface area contributed by atoms with Gasteiger partial charge >= 0.3 is 0 Å². The summed E-state index contributed by atoms with van der Waals surface area (Å²) in [7, 11) is 0. The Morgan fingerprint density at radius 3 is 2.65 bits per heavy atom. The van der Waals surface area contributed by atoms with Crippen LogP contribution in [0.1, 0.15) is 39.6 Å². The van der Waals surface area contributed by atoms with Crippen LogP contribution in [0.15, 0.2) is 54.7 Å². The second kappa shape index (κ2) is 9.87. The fourth-order valence-corrected chi connectivity index (χ4v) is 4.73. The van der Waals surface area contributed by atoms with E-state index in [1.807, 2.05) is 6.92 Å². The zero-order valence-electron chi connectivity index (χ0n) is 19.5. The number of hydrogen-bond acceptors (Lipinski definition) is 7. The maximum atomic E-state index is 13.9. The molecule has 5 rings (SSSR count). The molecule has 1 saturated heterocycles. The molecular weight excluding hydrogens is 522 g/mol. The summed E-state index contributed by atoms with van der Waals surface area (Å²) in [6.45, 7) is 6.91. The van der Waals surface area contributed by atoms with Crippen molar-refractivity contribution in [3.05, 3.63) is 87.4 Å². The molecular formula is C25H21Cl2FN6O3. The molecule has 37 heavy (non-hydrogen) atoms. The minimum absolute atomic E-state index is 0.00824. The van der Waals surface area contributed by atoms with Crippen LogP contribution in [0.4, 0.5) is 15.9 Å². The van der Waals surface area contributed by atoms with Gasteiger partial charge in [-0.3, -0.25) is 9.59 Å². The monoisotopic (exact) mass is 542 g/mol. The number of halogens is 3. The number of nitrogens with zero attached hydrogens (tertiary/aromatic N) is 3. The van der Waals surface area contributed by atoms with Gasteiger partial charge in [-0.05, 0) is 43.3 Å². The molecule has 1 aromatic heterocycles. The first kappa shape index (κ1) is 24.8. The third kappa shape index (κ3) is 5.03. The maximum Gasteiger partial charge on any atom is 0.276 e. The van der Waals surface area contributed by atoms with Gasteiger partial charge in [-0.1, -0.05) is 29.8 Å². The zero-order valence-corrected chi connectivity index (χ0v) is 21.0. The molecule has 0 saturated carbocycles. The highest BCUT2D eigenvalue weighted by molar-refractivity contribution is 6.36. The van der Waals surface area contributed by atoms with Crippen molar-refractivity contribution in [2.24, 2.45) is 0 Å². The van der Waals surface area contributed by atoms with Crippen LogP contribution < -0.4 is 20.7 Å². The standard InChI is InChI=1S/C25H21Cl2FN6O3/c1-12-10-34(11-13(2)29-12)25(36)14-3-5-15(6-4-14)30-23(35)18-9-19-22(33-32-18)31-24(37-19)20-16(26)7-8-17(28)21(20)27/h3-9,13,24,29H,1,10-11H2,2H3,(H,30,35)(H,31,33)/t13-,24-/m0/s1. The minimum Gasteiger partial charge on any atom is -0.462 e. The number of aromatic nitrogens is 2. The molecule has 12 heteroatoms. The lowest BCUT2D eigenvalue weighted by Crippen LogP contribution is -2.49. The van der Waals surface area contributed by atoms with Crippen molar-refractivity contribution in [2.75, 3.05) is 23.7 Å². The predicted octanol–water partition coefficient (Wildman–Crippen LogP) is 4.63. The first-order valence-electron chi connectivity index (χ1n) is 11.3. The molecule has 0 bridgehead atoms. The van der Waals surface area contributed by atoms with E-state index in [1.165, 1.54) is 12.1 Å². The van der Waals surface area contributed by atoms with E-state index in [1.54, 1.807) is 29.2 Å². The summed E-state index contributed by atoms with van der Waals surface area (Å²) >= 11 is 12.3. The molecule has 3 aromatic rings. The number of rotatable bonds is 4. The molecule has 0 unspecified atom stereocenters. The molecule has 2 aliphatic rings. The van der Waals surface area contributed by atoms with Crippen LogP contribution >= 0.6 is 23.2 Å². The third-order valence-corrected chi connectivity index (χ3v) is 6.56. The fraction of sp³-hybridized carbons (Fsp3) is 0.200. The van der Waals surface area contributed by atoms with Crippen molar-refractivity contribution in [2.45, 2.75) is 19.2 Å². The van der Waals surface area contributed by atoms with Crippen molar-refractivity contribution >= 4 is 46.5 Å². The van der Waals surface area contributed by atoms with Crippen LogP contribution in [-0.4, -0.2) is 46.0 Å². The molecule has 9 nitrogen and oxygen atoms in total. The van der Waals surface area contributed by atoms with E-state index in [-0.39, 0.29) is 44.8 Å². The van der Waals surface area contributed by atoms with Gasteiger partial charge in [0.25, 0.3) is 11.8 Å². The summed E-state index contributed by atoms with van der Waals surface area (Å²) in [6, 6.07) is 10.6. The lowest BCUT2D eigenvalue weighted by molar-refractivity contribution is 0.0733. The van der Waals surface area contributed by atoms with Gasteiger partial charge in [0, 0.05) is 35.6 Å². The SMILES string of the molecule is C=C1CN(C(=O)c2ccc(NC(=O)c3cc4c(nn3)N[C@H](c3c(Cl)ccc(F)c3Cl)O4)cc2)C[C@H](C)N1. The van der Waals surface area contributed by atoms with Crippen LogP contribution in [-0.2, 0) is 0 Å². The lowest BCUT2D eigenvalue weighted by Gasteiger charge is -2.34. The van der Waals surface area contributed by atoms with E-state index in [4.69, 9.17) is 27.9 Å². The Balaban J connectivity index is 1.26. The molecule has 3 N–H and O–H groups in total. The second-order valence-corrected chi connectivity index (χ2v) is 9.49. The molecule has 2 aliphatic heterocycles. The Morgan fingerprint density at radius 2 is 1.92 bits per heavy atom. The predicted molar refractivity (Wildman–Crippen MR) is 137 cm³/mol. The number of amides is 2. The van der Waals surface area contributed by atoms with Gasteiger partial charge in [-0.25, -0.2) is 4.39 Å². The summed E-state index contributed by atoms with van der Waals surface area (Å²) in [5, 5.41) is 16.8. The van der Waals surface area contributed by atoms with E-state index in [0.717, 1.165) is 11.8 Å². The average molecular weight is 543 g/mol. The van der Waals surface area contributed by atoms with Crippen molar-refractivity contribution in [3.63, 3.8) is 0 Å². The number of nitrogens with one attached hydrogen (secondary N) is 3. The molecule has 3 heterocycles. The van der Waals surface area contributed by atoms with Crippen molar-refractivity contribution in [1.29, 1.82) is 0 Å². The molecule has 0 aliphatic carbocycles. The first-order chi connectivity index (χ1) is 17.7. The molecule has 0 spiro atoms. The number of piperazine rings is 1. The smallest absolute Gasteiger partial charge is 0.276 e. The van der Waals surface area contributed by atoms with Crippen LogP contribution in [0.2, 0.25) is 10.0 Å². The van der Waals surface area contributed by atoms with Gasteiger partial charge in [-0.15, -0.1) is 10.2 Å². The summed E-state index contributed by atoms with van der Waals surface area (Å²) < 4.78 is 19.7. The van der Waals surface area contributed by atoms with E-state index in [2.05, 4.69) is 32.7 Å². The van der Waals surface area contributed by atoms with Crippen molar-refractivity contribution in [1.82, 2.24) is 20.4 Å². The summed E-state index contributed by atoms with van der Waals surface area (Å²) in [4.78, 5) is 27.3. The van der Waals surface area contributed by atoms with Crippen LogP contribution in [0, 0.1) is 5.82 Å². The lowest BCUT2D eigenvalue weighted by atomic mass is 10.1. The van der Waals surface area contributed by atoms with E-state index in [9.17, 15) is 14.0 Å². The number of hydrogen-bond donors (Lipinski definition) is 3. The van der Waals surface area contributed by atoms with E-state index in [0.29, 0.717) is 24.3 Å². The van der Waals surface area contributed by atoms with Gasteiger partial charge < -0.3 is 25.6 Å². The normalized spacial score (nSPS) is 18.4. The number of carbonyl (C=O) groups excluding carboxylic acids is 2. The Bertz CT molecular complexity index is 1420. The molecule has 2 atom stereocenters. The summed E-state index contributed by atoms with van der Waals surface area (Å²) in [6.07, 6.45) is -0.903. The molecule has 2 aromatic carbocycles. The number of anilines is 2. The Morgan fingerprint density at radius 1 is 1.16 bits per heavy atom. The van der Waals surface area contributed by atoms with Gasteiger partial charge in [0.05, 0.1) is 22.2 Å². The highest BCUT2D eigenvalue weighted by Gasteiger charge is 2.31. The molecule has 2 amide bonds. The largest absolute Gasteiger partial charge is 0.462 e. The summed E-state index contributed by atoms with van der Waals surface area (Å²) in [5.41, 5.74) is 1.96. The number of fused-ring (bicyclic) bond motifs is 1. The summed E-state index contributed by atoms with van der Waals surface area (Å²) in [5.74, 6) is -0.806. The van der Waals surface area contributed by atoms with Crippen molar-refractivity contribution < 1.29 is 18.7 Å². The molecule has 190 valence electrons. The number of ether oxygens (including phenoxy) is 1. The quantitative estimate of drug-likeness (QED) is 0.412. The maximum absolute atomic E-state index is 13.9. The fourth-order valence-electron chi connectivity index (χ4n) is 4.16. The Hall–Kier alpha value is -3.89. The zero-order chi connectivity index (χ0) is 26.3. The molecule has 0 radical (unpaired) electrons. The van der Waals surface area contributed by atoms with Gasteiger partial charge in [0.2, 0.25) is 6.23 Å². The van der Waals surface area contributed by atoms with Crippen LogP contribution in [0.3, 0.4) is 0 Å². The highest BCUT2D eigenvalue weighted by atomic mass is 35.5. The Labute approximate surface area is 221 Å². The van der Waals surface area contributed by atoms with Crippen molar-refractivity contribution in [3.8, 4) is 5.75 Å². The number of carbonyl (C=O) groups is 2. The Kier molecular flexibility index (Phi) is 6.61. The van der Waals surface area contributed by atoms with Gasteiger partial charge in [-0.2, -0.15) is 0 Å².